The van der Waals surface area contributed by atoms with E-state index in [9.17, 15) is 29.1 Å². The van der Waals surface area contributed by atoms with Crippen molar-refractivity contribution in [2.45, 2.75) is 31.5 Å². The largest absolute Gasteiger partial charge is 0.480 e. The molecule has 43 heavy (non-hydrogen) atoms. The summed E-state index contributed by atoms with van der Waals surface area (Å²) >= 11 is 0. The van der Waals surface area contributed by atoms with Crippen molar-refractivity contribution < 1.29 is 33.8 Å². The lowest BCUT2D eigenvalue weighted by Crippen LogP contribution is -2.63. The first-order chi connectivity index (χ1) is 20.7. The SMILES string of the molecule is COC(=O)CC1C(=O)N(CC(=O)O)CCN1C(=O)C(CC(=O)N1CCN(c2ccncc2)CC1)N(C)Cc1ccccc1. The Kier molecular flexibility index (Phi) is 10.7. The molecule has 1 N–H and O–H groups in total. The third kappa shape index (κ3) is 8.07. The molecule has 2 aliphatic heterocycles. The Morgan fingerprint density at radius 2 is 1.67 bits per heavy atom. The molecule has 3 amide bonds. The monoisotopic (exact) mass is 594 g/mol. The number of hydrogen-bond acceptors (Lipinski definition) is 9. The van der Waals surface area contributed by atoms with Crippen molar-refractivity contribution in [2.24, 2.45) is 0 Å². The van der Waals surface area contributed by atoms with E-state index in [4.69, 9.17) is 4.74 Å². The summed E-state index contributed by atoms with van der Waals surface area (Å²) in [7, 11) is 2.93. The molecule has 2 aromatic rings. The van der Waals surface area contributed by atoms with Gasteiger partial charge in [0.2, 0.25) is 17.7 Å². The number of methoxy groups -OCH3 is 1. The van der Waals surface area contributed by atoms with Crippen LogP contribution in [0.25, 0.3) is 0 Å². The lowest BCUT2D eigenvalue weighted by atomic mass is 10.0. The second-order valence-corrected chi connectivity index (χ2v) is 10.7. The number of anilines is 1. The minimum absolute atomic E-state index is 0.00538. The van der Waals surface area contributed by atoms with Crippen LogP contribution in [0.15, 0.2) is 54.9 Å². The van der Waals surface area contributed by atoms with Crippen LogP contribution in [0.4, 0.5) is 5.69 Å². The van der Waals surface area contributed by atoms with Crippen LogP contribution >= 0.6 is 0 Å². The number of rotatable bonds is 11. The maximum absolute atomic E-state index is 14.2. The molecular weight excluding hydrogens is 556 g/mol. The van der Waals surface area contributed by atoms with Crippen LogP contribution in [0.1, 0.15) is 18.4 Å². The number of carboxylic acids is 1. The summed E-state index contributed by atoms with van der Waals surface area (Å²) in [6.45, 7) is 2.09. The molecule has 4 rings (SSSR count). The summed E-state index contributed by atoms with van der Waals surface area (Å²) in [5, 5.41) is 9.26. The summed E-state index contributed by atoms with van der Waals surface area (Å²) in [4.78, 5) is 76.9. The van der Waals surface area contributed by atoms with Gasteiger partial charge in [0, 0.05) is 63.9 Å². The normalized spacial score (nSPS) is 18.0. The van der Waals surface area contributed by atoms with Gasteiger partial charge in [0.25, 0.3) is 0 Å². The highest BCUT2D eigenvalue weighted by molar-refractivity contribution is 5.96. The van der Waals surface area contributed by atoms with Crippen molar-refractivity contribution in [3.63, 3.8) is 0 Å². The molecule has 0 aliphatic carbocycles. The quantitative estimate of drug-likeness (QED) is 0.361. The van der Waals surface area contributed by atoms with E-state index >= 15 is 0 Å². The van der Waals surface area contributed by atoms with Crippen LogP contribution in [0, 0.1) is 0 Å². The number of aromatic nitrogens is 1. The number of carboxylic acid groups (broad SMARTS) is 1. The minimum atomic E-state index is -1.24. The number of piperazine rings is 2. The van der Waals surface area contributed by atoms with Crippen molar-refractivity contribution in [2.75, 3.05) is 64.9 Å². The molecule has 13 heteroatoms. The van der Waals surface area contributed by atoms with E-state index in [0.29, 0.717) is 32.7 Å². The number of likely N-dealkylation sites (N-methyl/N-ethyl adjacent to an activating group) is 1. The third-order valence-corrected chi connectivity index (χ3v) is 7.90. The number of carbonyl (C=O) groups is 5. The second kappa shape index (κ2) is 14.6. The van der Waals surface area contributed by atoms with E-state index in [-0.39, 0.29) is 25.4 Å². The van der Waals surface area contributed by atoms with Gasteiger partial charge in [0.15, 0.2) is 0 Å². The van der Waals surface area contributed by atoms with Gasteiger partial charge in [-0.15, -0.1) is 0 Å². The van der Waals surface area contributed by atoms with E-state index in [1.54, 1.807) is 29.2 Å². The highest BCUT2D eigenvalue weighted by Crippen LogP contribution is 2.22. The zero-order valence-corrected chi connectivity index (χ0v) is 24.5. The van der Waals surface area contributed by atoms with Crippen molar-refractivity contribution in [3.05, 3.63) is 60.4 Å². The first-order valence-corrected chi connectivity index (χ1v) is 14.2. The zero-order valence-electron chi connectivity index (χ0n) is 24.5. The van der Waals surface area contributed by atoms with Gasteiger partial charge in [0.05, 0.1) is 26.0 Å². The molecule has 0 bridgehead atoms. The van der Waals surface area contributed by atoms with Crippen LogP contribution in [0.3, 0.4) is 0 Å². The van der Waals surface area contributed by atoms with E-state index in [2.05, 4.69) is 9.88 Å². The number of aliphatic carboxylic acids is 1. The lowest BCUT2D eigenvalue weighted by Gasteiger charge is -2.42. The highest BCUT2D eigenvalue weighted by atomic mass is 16.5. The van der Waals surface area contributed by atoms with Gasteiger partial charge in [-0.25, -0.2) is 0 Å². The number of carbonyl (C=O) groups excluding carboxylic acids is 4. The fourth-order valence-corrected chi connectivity index (χ4v) is 5.53. The lowest BCUT2D eigenvalue weighted by molar-refractivity contribution is -0.161. The fraction of sp³-hybridized carbons (Fsp3) is 0.467. The molecule has 0 saturated carbocycles. The Morgan fingerprint density at radius 3 is 2.30 bits per heavy atom. The average Bonchev–Trinajstić information content (AvgIpc) is 3.02. The summed E-state index contributed by atoms with van der Waals surface area (Å²) in [6.07, 6.45) is 2.92. The predicted octanol–water partition coefficient (Wildman–Crippen LogP) is 0.308. The third-order valence-electron chi connectivity index (χ3n) is 7.90. The van der Waals surface area contributed by atoms with Crippen LogP contribution in [0.2, 0.25) is 0 Å². The van der Waals surface area contributed by atoms with Gasteiger partial charge in [0.1, 0.15) is 12.6 Å². The summed E-state index contributed by atoms with van der Waals surface area (Å²) in [6, 6.07) is 11.2. The van der Waals surface area contributed by atoms with Gasteiger partial charge in [-0.2, -0.15) is 0 Å². The van der Waals surface area contributed by atoms with Crippen LogP contribution in [-0.4, -0.2) is 131 Å². The van der Waals surface area contributed by atoms with Gasteiger partial charge in [-0.3, -0.25) is 33.9 Å². The maximum Gasteiger partial charge on any atom is 0.323 e. The number of amides is 3. The number of hydrogen-bond donors (Lipinski definition) is 1. The standard InChI is InChI=1S/C30H38N6O7/c1-32(20-22-6-4-3-5-7-22)24(18-26(37)34-14-12-33(13-15-34)23-8-10-31-11-9-23)30(42)36-17-16-35(21-27(38)39)29(41)25(36)19-28(40)43-2/h3-11,24-25H,12-21H2,1-2H3,(H,38,39). The topological polar surface area (TPSA) is 144 Å². The maximum atomic E-state index is 14.2. The van der Waals surface area contributed by atoms with Crippen molar-refractivity contribution in [3.8, 4) is 0 Å². The van der Waals surface area contributed by atoms with Crippen LogP contribution in [0.5, 0.6) is 0 Å². The number of pyridine rings is 1. The number of esters is 1. The summed E-state index contributed by atoms with van der Waals surface area (Å²) in [5.41, 5.74) is 1.97. The molecule has 0 spiro atoms. The van der Waals surface area contributed by atoms with E-state index in [0.717, 1.165) is 16.2 Å². The van der Waals surface area contributed by atoms with Crippen LogP contribution < -0.4 is 4.90 Å². The van der Waals surface area contributed by atoms with Crippen molar-refractivity contribution in [1.82, 2.24) is 24.6 Å². The Morgan fingerprint density at radius 1 is 1.00 bits per heavy atom. The minimum Gasteiger partial charge on any atom is -0.480 e. The summed E-state index contributed by atoms with van der Waals surface area (Å²) in [5.74, 6) is -3.20. The number of nitrogens with zero attached hydrogens (tertiary/aromatic N) is 6. The molecule has 13 nitrogen and oxygen atoms in total. The first-order valence-electron chi connectivity index (χ1n) is 14.2. The smallest absolute Gasteiger partial charge is 0.323 e. The number of benzene rings is 1. The Labute approximate surface area is 250 Å². The van der Waals surface area contributed by atoms with Gasteiger partial charge in [-0.05, 0) is 24.7 Å². The molecule has 230 valence electrons. The Balaban J connectivity index is 1.53. The molecule has 2 atom stereocenters. The zero-order chi connectivity index (χ0) is 30.9. The molecule has 2 aliphatic rings. The highest BCUT2D eigenvalue weighted by Gasteiger charge is 2.43. The van der Waals surface area contributed by atoms with E-state index in [1.807, 2.05) is 42.5 Å². The van der Waals surface area contributed by atoms with Crippen LogP contribution in [-0.2, 0) is 35.3 Å². The molecule has 1 aromatic carbocycles. The molecule has 0 radical (unpaired) electrons. The molecule has 2 unspecified atom stereocenters. The predicted molar refractivity (Wildman–Crippen MR) is 156 cm³/mol. The molecule has 2 saturated heterocycles. The van der Waals surface area contributed by atoms with Crippen molar-refractivity contribution in [1.29, 1.82) is 0 Å². The van der Waals surface area contributed by atoms with Gasteiger partial charge >= 0.3 is 11.9 Å². The molecule has 1 aromatic heterocycles. The van der Waals surface area contributed by atoms with Gasteiger partial charge < -0.3 is 29.4 Å². The second-order valence-electron chi connectivity index (χ2n) is 10.7. The Hall–Kier alpha value is -4.52. The Bertz CT molecular complexity index is 1290. The average molecular weight is 595 g/mol. The number of ether oxygens (including phenoxy) is 1. The van der Waals surface area contributed by atoms with E-state index in [1.165, 1.54) is 12.0 Å². The molecule has 3 heterocycles. The molecular formula is C30H38N6O7. The summed E-state index contributed by atoms with van der Waals surface area (Å²) < 4.78 is 4.77. The van der Waals surface area contributed by atoms with Crippen molar-refractivity contribution >= 4 is 35.3 Å². The molecule has 2 fully saturated rings. The first kappa shape index (κ1) is 31.4. The van der Waals surface area contributed by atoms with E-state index < -0.39 is 48.8 Å². The van der Waals surface area contributed by atoms with Gasteiger partial charge in [-0.1, -0.05) is 30.3 Å². The fourth-order valence-electron chi connectivity index (χ4n) is 5.53.